The molecule has 0 heterocycles. The zero-order valence-electron chi connectivity index (χ0n) is 7.48. The maximum atomic E-state index is 3.80. The van der Waals surface area contributed by atoms with Gasteiger partial charge in [0.1, 0.15) is 0 Å². The molecular weight excluding hydrogens is 453 g/mol. The Labute approximate surface area is 114 Å². The summed E-state index contributed by atoms with van der Waals surface area (Å²) in [5, 5.41) is 0. The average Bonchev–Trinajstić information content (AvgIpc) is 1.86. The fraction of sp³-hybridized carbons (Fsp3) is 1.00. The first kappa shape index (κ1) is 14.7. The Hall–Kier alpha value is 2.75. The molecular formula is C4H12B2Br4S2. The molecule has 74 valence electrons. The van der Waals surface area contributed by atoms with Crippen LogP contribution < -0.4 is 0 Å². The van der Waals surface area contributed by atoms with Crippen LogP contribution in [0.1, 0.15) is 0 Å². The van der Waals surface area contributed by atoms with Crippen LogP contribution in [0.3, 0.4) is 0 Å². The minimum Gasteiger partial charge on any atom is -0.304 e. The van der Waals surface area contributed by atoms with E-state index < -0.39 is 5.93 Å². The lowest BCUT2D eigenvalue weighted by molar-refractivity contribution is 2.32. The third-order valence-electron chi connectivity index (χ3n) is 1.71. The minimum atomic E-state index is -0.691. The summed E-state index contributed by atoms with van der Waals surface area (Å²) in [5.41, 5.74) is 0. The highest BCUT2D eigenvalue weighted by molar-refractivity contribution is 9.73. The maximum Gasteiger partial charge on any atom is 0.281 e. The van der Waals surface area contributed by atoms with Gasteiger partial charge in [-0.25, -0.2) is 21.5 Å². The second-order valence-electron chi connectivity index (χ2n) is 3.06. The van der Waals surface area contributed by atoms with Crippen LogP contribution in [0.25, 0.3) is 0 Å². The summed E-state index contributed by atoms with van der Waals surface area (Å²) in [6.45, 7) is 0. The Morgan fingerprint density at radius 2 is 0.833 bits per heavy atom. The molecule has 0 amide bonds. The summed E-state index contributed by atoms with van der Waals surface area (Å²) < 4.78 is -1.38. The first-order chi connectivity index (χ1) is 5.14. The molecule has 0 saturated carbocycles. The standard InChI is InChI=1S/C4H12B2Br4S2/c1-11(2)5(7,8)6(9,10)12(3)4/h1-4H3. The summed E-state index contributed by atoms with van der Waals surface area (Å²) in [5.74, 6) is 0. The molecule has 0 aliphatic carbocycles. The second-order valence-corrected chi connectivity index (χ2v) is 18.7. The predicted molar refractivity (Wildman–Crippen MR) is 85.6 cm³/mol. The summed E-state index contributed by atoms with van der Waals surface area (Å²) in [7, 11) is 0.642. The molecule has 0 aromatic carbocycles. The van der Waals surface area contributed by atoms with E-state index in [1.165, 1.54) is 0 Å². The van der Waals surface area contributed by atoms with Gasteiger partial charge < -0.3 is 63.0 Å². The molecule has 8 heteroatoms. The van der Waals surface area contributed by atoms with E-state index in [-0.39, 0.29) is 0 Å². The van der Waals surface area contributed by atoms with Crippen molar-refractivity contribution in [2.24, 2.45) is 0 Å². The molecule has 0 aromatic rings. The monoisotopic (exact) mass is 462 g/mol. The van der Waals surface area contributed by atoms with Crippen LogP contribution in [-0.4, -0.2) is 30.9 Å². The Morgan fingerprint density at radius 1 is 0.667 bits per heavy atom. The van der Waals surface area contributed by atoms with Crippen LogP contribution in [0, 0.1) is 0 Å². The normalized spacial score (nSPS) is 14.5. The van der Waals surface area contributed by atoms with E-state index in [0.29, 0.717) is 21.5 Å². The Kier molecular flexibility index (Phi) is 6.38. The zero-order chi connectivity index (χ0) is 10.2. The van der Waals surface area contributed by atoms with Gasteiger partial charge in [-0.15, -0.1) is 0 Å². The minimum absolute atomic E-state index is 0.321. The highest BCUT2D eigenvalue weighted by Gasteiger charge is 2.52. The van der Waals surface area contributed by atoms with Gasteiger partial charge >= 0.3 is 0 Å². The maximum absolute atomic E-state index is 3.80. The lowest BCUT2D eigenvalue weighted by atomic mass is 9.74. The third kappa shape index (κ3) is 3.12. The number of hydrogen-bond donors (Lipinski definition) is 0. The van der Waals surface area contributed by atoms with Crippen molar-refractivity contribution in [2.75, 3.05) is 25.0 Å². The van der Waals surface area contributed by atoms with Gasteiger partial charge in [-0.3, -0.25) is 0 Å². The van der Waals surface area contributed by atoms with E-state index in [9.17, 15) is 0 Å². The molecule has 0 spiro atoms. The Balaban J connectivity index is 4.75. The Morgan fingerprint density at radius 3 is 0.917 bits per heavy atom. The predicted octanol–water partition coefficient (Wildman–Crippen LogP) is 3.28. The lowest BCUT2D eigenvalue weighted by Gasteiger charge is -2.40. The summed E-state index contributed by atoms with van der Waals surface area (Å²) >= 11 is 15.2. The summed E-state index contributed by atoms with van der Waals surface area (Å²) in [4.78, 5) is 0. The second kappa shape index (κ2) is 5.19. The van der Waals surface area contributed by atoms with Crippen LogP contribution >= 0.6 is 63.0 Å². The Bertz CT molecular complexity index is 143. The molecule has 0 atom stereocenters. The first-order valence-electron chi connectivity index (χ1n) is 3.31. The molecule has 0 unspecified atom stereocenters. The van der Waals surface area contributed by atoms with Gasteiger partial charge in [-0.05, 0) is 0 Å². The van der Waals surface area contributed by atoms with Crippen molar-refractivity contribution in [3.63, 3.8) is 0 Å². The molecule has 0 radical (unpaired) electrons. The van der Waals surface area contributed by atoms with Crippen molar-refractivity contribution in [1.82, 2.24) is 0 Å². The SMILES string of the molecule is C[S+](C)[B-](Br)(Br)[B-](Br)(Br)[S+](C)C. The van der Waals surface area contributed by atoms with Crippen LogP contribution in [0.4, 0.5) is 0 Å². The fourth-order valence-electron chi connectivity index (χ4n) is 0.634. The van der Waals surface area contributed by atoms with E-state index in [2.05, 4.69) is 88.1 Å². The van der Waals surface area contributed by atoms with Crippen LogP contribution in [0.5, 0.6) is 0 Å². The van der Waals surface area contributed by atoms with Gasteiger partial charge in [0.25, 0.3) is 5.93 Å². The summed E-state index contributed by atoms with van der Waals surface area (Å²) in [6, 6.07) is 0. The number of halogens is 4. The van der Waals surface area contributed by atoms with E-state index in [0.717, 1.165) is 0 Å². The third-order valence-corrected chi connectivity index (χ3v) is 21.6. The van der Waals surface area contributed by atoms with E-state index >= 15 is 0 Å². The van der Waals surface area contributed by atoms with E-state index in [1.54, 1.807) is 0 Å². The molecule has 0 N–H and O–H groups in total. The molecule has 0 saturated heterocycles. The molecule has 0 aliphatic rings. The first-order valence-corrected chi connectivity index (χ1v) is 11.2. The smallest absolute Gasteiger partial charge is 0.281 e. The molecule has 0 nitrogen and oxygen atoms in total. The van der Waals surface area contributed by atoms with Gasteiger partial charge in [0.05, 0.1) is 25.0 Å². The van der Waals surface area contributed by atoms with Crippen molar-refractivity contribution >= 4 is 90.4 Å². The average molecular weight is 466 g/mol. The van der Waals surface area contributed by atoms with E-state index in [1.807, 2.05) is 0 Å². The van der Waals surface area contributed by atoms with Crippen LogP contribution in [-0.2, 0) is 21.5 Å². The molecule has 0 fully saturated rings. The summed E-state index contributed by atoms with van der Waals surface area (Å²) in [6.07, 6.45) is 8.98. The van der Waals surface area contributed by atoms with Crippen molar-refractivity contribution in [3.05, 3.63) is 0 Å². The van der Waals surface area contributed by atoms with E-state index in [4.69, 9.17) is 0 Å². The van der Waals surface area contributed by atoms with Gasteiger partial charge in [-0.2, -0.15) is 0 Å². The van der Waals surface area contributed by atoms with Gasteiger partial charge in [0, 0.05) is 0 Å². The molecule has 0 bridgehead atoms. The molecule has 0 aromatic heterocycles. The lowest BCUT2D eigenvalue weighted by Crippen LogP contribution is -2.55. The van der Waals surface area contributed by atoms with Crippen LogP contribution in [0.15, 0.2) is 0 Å². The molecule has 0 aliphatic heterocycles. The highest BCUT2D eigenvalue weighted by Crippen LogP contribution is 2.46. The zero-order valence-corrected chi connectivity index (χ0v) is 15.5. The quantitative estimate of drug-likeness (QED) is 0.444. The van der Waals surface area contributed by atoms with Crippen molar-refractivity contribution in [3.8, 4) is 0 Å². The van der Waals surface area contributed by atoms with Gasteiger partial charge in [-0.1, -0.05) is 0 Å². The largest absolute Gasteiger partial charge is 0.304 e. The molecule has 0 rings (SSSR count). The topological polar surface area (TPSA) is 0 Å². The van der Waals surface area contributed by atoms with Gasteiger partial charge in [0.15, 0.2) is 0 Å². The number of rotatable bonds is 3. The van der Waals surface area contributed by atoms with Crippen molar-refractivity contribution in [2.45, 2.75) is 0 Å². The van der Waals surface area contributed by atoms with Crippen LogP contribution in [0.2, 0.25) is 0 Å². The van der Waals surface area contributed by atoms with Crippen molar-refractivity contribution in [1.29, 1.82) is 0 Å². The fourth-order valence-corrected chi connectivity index (χ4v) is 8.41. The highest BCUT2D eigenvalue weighted by atomic mass is 79.9. The van der Waals surface area contributed by atoms with Gasteiger partial charge in [0.2, 0.25) is 0 Å². The number of hydrogen-bond acceptors (Lipinski definition) is 0. The van der Waals surface area contributed by atoms with Crippen molar-refractivity contribution < 1.29 is 0 Å². The molecule has 12 heavy (non-hydrogen) atoms.